The van der Waals surface area contributed by atoms with Crippen LogP contribution in [-0.4, -0.2) is 34.3 Å². The normalized spacial score (nSPS) is 10.0. The molecule has 0 saturated heterocycles. The lowest BCUT2D eigenvalue weighted by Crippen LogP contribution is -2.07. The van der Waals surface area contributed by atoms with Crippen LogP contribution in [0.15, 0.2) is 12.1 Å². The summed E-state index contributed by atoms with van der Waals surface area (Å²) < 4.78 is 0. The summed E-state index contributed by atoms with van der Waals surface area (Å²) in [5, 5.41) is 20.3. The summed E-state index contributed by atoms with van der Waals surface area (Å²) in [6, 6.07) is 2.99. The fraction of sp³-hybridized carbons (Fsp3) is 0.400. The van der Waals surface area contributed by atoms with Crippen LogP contribution in [0.4, 0.5) is 5.82 Å². The van der Waals surface area contributed by atoms with E-state index in [2.05, 4.69) is 10.3 Å². The zero-order valence-corrected chi connectivity index (χ0v) is 8.53. The van der Waals surface area contributed by atoms with E-state index in [0.29, 0.717) is 24.5 Å². The highest BCUT2D eigenvalue weighted by molar-refractivity contribution is 5.88. The Balaban J connectivity index is 2.75. The van der Waals surface area contributed by atoms with Gasteiger partial charge in [-0.1, -0.05) is 0 Å². The molecule has 0 atom stereocenters. The van der Waals surface area contributed by atoms with Crippen LogP contribution >= 0.6 is 0 Å². The predicted molar refractivity (Wildman–Crippen MR) is 56.1 cm³/mol. The number of hydrogen-bond acceptors (Lipinski definition) is 4. The third-order valence-corrected chi connectivity index (χ3v) is 1.84. The lowest BCUT2D eigenvalue weighted by Gasteiger charge is -2.06. The van der Waals surface area contributed by atoms with Gasteiger partial charge in [-0.25, -0.2) is 9.78 Å². The highest BCUT2D eigenvalue weighted by atomic mass is 16.4. The molecule has 1 heterocycles. The summed E-state index contributed by atoms with van der Waals surface area (Å²) in [6.45, 7) is 2.42. The lowest BCUT2D eigenvalue weighted by atomic mass is 10.2. The van der Waals surface area contributed by atoms with Crippen molar-refractivity contribution in [2.75, 3.05) is 18.5 Å². The van der Waals surface area contributed by atoms with Gasteiger partial charge in [0.1, 0.15) is 5.82 Å². The summed E-state index contributed by atoms with van der Waals surface area (Å²) in [5.74, 6) is -0.438. The molecule has 0 aliphatic carbocycles. The predicted octanol–water partition coefficient (Wildman–Crippen LogP) is 0.883. The first-order chi connectivity index (χ1) is 7.13. The number of aromatic carboxylic acids is 1. The van der Waals surface area contributed by atoms with Crippen LogP contribution in [0, 0.1) is 6.92 Å². The SMILES string of the molecule is Cc1cc(C(=O)O)cc(NCCCO)n1. The number of aryl methyl sites for hydroxylation is 1. The Morgan fingerprint density at radius 3 is 2.87 bits per heavy atom. The number of carboxylic acid groups (broad SMARTS) is 1. The average Bonchev–Trinajstić information content (AvgIpc) is 2.17. The number of aliphatic hydroxyl groups is 1. The van der Waals surface area contributed by atoms with E-state index < -0.39 is 5.97 Å². The summed E-state index contributed by atoms with van der Waals surface area (Å²) in [7, 11) is 0. The molecule has 0 fully saturated rings. The Labute approximate surface area is 87.8 Å². The Bertz CT molecular complexity index is 353. The van der Waals surface area contributed by atoms with Gasteiger partial charge >= 0.3 is 5.97 Å². The molecular weight excluding hydrogens is 196 g/mol. The molecule has 5 heteroatoms. The third-order valence-electron chi connectivity index (χ3n) is 1.84. The van der Waals surface area contributed by atoms with Gasteiger partial charge in [0.25, 0.3) is 0 Å². The first-order valence-corrected chi connectivity index (χ1v) is 4.70. The zero-order valence-electron chi connectivity index (χ0n) is 8.53. The summed E-state index contributed by atoms with van der Waals surface area (Å²) in [4.78, 5) is 14.9. The largest absolute Gasteiger partial charge is 0.478 e. The van der Waals surface area contributed by atoms with Crippen LogP contribution in [0.5, 0.6) is 0 Å². The second kappa shape index (κ2) is 5.31. The average molecular weight is 210 g/mol. The zero-order chi connectivity index (χ0) is 11.3. The molecule has 0 aliphatic rings. The maximum absolute atomic E-state index is 10.7. The standard InChI is InChI=1S/C10H14N2O3/c1-7-5-8(10(14)15)6-9(12-7)11-3-2-4-13/h5-6,13H,2-4H2,1H3,(H,11,12)(H,14,15). The molecular formula is C10H14N2O3. The quantitative estimate of drug-likeness (QED) is 0.628. The van der Waals surface area contributed by atoms with Crippen molar-refractivity contribution in [2.45, 2.75) is 13.3 Å². The number of anilines is 1. The molecule has 5 nitrogen and oxygen atoms in total. The number of nitrogens with one attached hydrogen (secondary N) is 1. The number of carboxylic acids is 1. The number of carbonyl (C=O) groups is 1. The number of rotatable bonds is 5. The number of nitrogens with zero attached hydrogens (tertiary/aromatic N) is 1. The van der Waals surface area contributed by atoms with Crippen molar-refractivity contribution in [2.24, 2.45) is 0 Å². The fourth-order valence-electron chi connectivity index (χ4n) is 1.18. The molecule has 82 valence electrons. The van der Waals surface area contributed by atoms with Crippen molar-refractivity contribution in [3.05, 3.63) is 23.4 Å². The van der Waals surface area contributed by atoms with Gasteiger partial charge in [0, 0.05) is 18.8 Å². The van der Waals surface area contributed by atoms with E-state index in [1.165, 1.54) is 12.1 Å². The van der Waals surface area contributed by atoms with Gasteiger partial charge in [0.2, 0.25) is 0 Å². The molecule has 0 radical (unpaired) electrons. The molecule has 15 heavy (non-hydrogen) atoms. The third kappa shape index (κ3) is 3.55. The molecule has 0 unspecified atom stereocenters. The summed E-state index contributed by atoms with van der Waals surface area (Å²) >= 11 is 0. The van der Waals surface area contributed by atoms with Crippen molar-refractivity contribution in [1.82, 2.24) is 4.98 Å². The van der Waals surface area contributed by atoms with E-state index >= 15 is 0 Å². The maximum Gasteiger partial charge on any atom is 0.335 e. The molecule has 1 aromatic heterocycles. The van der Waals surface area contributed by atoms with E-state index in [9.17, 15) is 4.79 Å². The van der Waals surface area contributed by atoms with Crippen molar-refractivity contribution >= 4 is 11.8 Å². The smallest absolute Gasteiger partial charge is 0.335 e. The van der Waals surface area contributed by atoms with E-state index in [-0.39, 0.29) is 12.2 Å². The van der Waals surface area contributed by atoms with Crippen LogP contribution in [0.1, 0.15) is 22.5 Å². The molecule has 0 spiro atoms. The lowest BCUT2D eigenvalue weighted by molar-refractivity contribution is 0.0696. The Kier molecular flexibility index (Phi) is 4.05. The number of aromatic nitrogens is 1. The van der Waals surface area contributed by atoms with Crippen molar-refractivity contribution in [1.29, 1.82) is 0 Å². The Hall–Kier alpha value is -1.62. The molecule has 1 rings (SSSR count). The van der Waals surface area contributed by atoms with E-state index in [4.69, 9.17) is 10.2 Å². The van der Waals surface area contributed by atoms with Gasteiger partial charge < -0.3 is 15.5 Å². The van der Waals surface area contributed by atoms with Gasteiger partial charge in [-0.15, -0.1) is 0 Å². The number of pyridine rings is 1. The highest BCUT2D eigenvalue weighted by Crippen LogP contribution is 2.10. The van der Waals surface area contributed by atoms with Gasteiger partial charge in [0.05, 0.1) is 5.56 Å². The molecule has 0 saturated carbocycles. The maximum atomic E-state index is 10.7. The second-order valence-electron chi connectivity index (χ2n) is 3.19. The van der Waals surface area contributed by atoms with Gasteiger partial charge in [0.15, 0.2) is 0 Å². The summed E-state index contributed by atoms with van der Waals surface area (Å²) in [6.07, 6.45) is 0.609. The molecule has 1 aromatic rings. The van der Waals surface area contributed by atoms with Gasteiger partial charge in [-0.3, -0.25) is 0 Å². The minimum Gasteiger partial charge on any atom is -0.478 e. The van der Waals surface area contributed by atoms with Crippen molar-refractivity contribution in [3.63, 3.8) is 0 Å². The number of hydrogen-bond donors (Lipinski definition) is 3. The molecule has 3 N–H and O–H groups in total. The molecule has 0 aliphatic heterocycles. The molecule has 0 aromatic carbocycles. The fourth-order valence-corrected chi connectivity index (χ4v) is 1.18. The monoisotopic (exact) mass is 210 g/mol. The van der Waals surface area contributed by atoms with E-state index in [0.717, 1.165) is 0 Å². The minimum atomic E-state index is -0.967. The van der Waals surface area contributed by atoms with E-state index in [1.807, 2.05) is 0 Å². The Morgan fingerprint density at radius 2 is 2.27 bits per heavy atom. The molecule has 0 bridgehead atoms. The van der Waals surface area contributed by atoms with Crippen LogP contribution in [-0.2, 0) is 0 Å². The van der Waals surface area contributed by atoms with Crippen LogP contribution in [0.25, 0.3) is 0 Å². The van der Waals surface area contributed by atoms with Crippen LogP contribution in [0.3, 0.4) is 0 Å². The van der Waals surface area contributed by atoms with Crippen LogP contribution in [0.2, 0.25) is 0 Å². The first-order valence-electron chi connectivity index (χ1n) is 4.70. The van der Waals surface area contributed by atoms with Gasteiger partial charge in [-0.2, -0.15) is 0 Å². The summed E-state index contributed by atoms with van der Waals surface area (Å²) in [5.41, 5.74) is 0.871. The highest BCUT2D eigenvalue weighted by Gasteiger charge is 2.05. The topological polar surface area (TPSA) is 82.5 Å². The van der Waals surface area contributed by atoms with Crippen molar-refractivity contribution in [3.8, 4) is 0 Å². The Morgan fingerprint density at radius 1 is 1.53 bits per heavy atom. The molecule has 0 amide bonds. The van der Waals surface area contributed by atoms with E-state index in [1.54, 1.807) is 6.92 Å². The minimum absolute atomic E-state index is 0.102. The second-order valence-corrected chi connectivity index (χ2v) is 3.19. The van der Waals surface area contributed by atoms with Crippen LogP contribution < -0.4 is 5.32 Å². The number of aliphatic hydroxyl groups excluding tert-OH is 1. The van der Waals surface area contributed by atoms with Gasteiger partial charge in [-0.05, 0) is 25.5 Å². The van der Waals surface area contributed by atoms with Crippen molar-refractivity contribution < 1.29 is 15.0 Å². The first kappa shape index (κ1) is 11.5.